The Labute approximate surface area is 124 Å². The Bertz CT molecular complexity index is 452. The summed E-state index contributed by atoms with van der Waals surface area (Å²) in [6.45, 7) is 0. The van der Waals surface area contributed by atoms with Crippen molar-refractivity contribution in [2.45, 2.75) is 25.1 Å². The molecular formula is C13H17BrF3NO2. The molecule has 0 aliphatic heterocycles. The first-order chi connectivity index (χ1) is 9.32. The zero-order valence-electron chi connectivity index (χ0n) is 11.5. The van der Waals surface area contributed by atoms with Crippen molar-refractivity contribution in [3.63, 3.8) is 0 Å². The first-order valence-corrected chi connectivity index (χ1v) is 6.77. The van der Waals surface area contributed by atoms with Crippen molar-refractivity contribution in [2.24, 2.45) is 0 Å². The summed E-state index contributed by atoms with van der Waals surface area (Å²) in [7, 11) is 4.62. The molecule has 1 rings (SSSR count). The van der Waals surface area contributed by atoms with Gasteiger partial charge in [0.05, 0.1) is 14.2 Å². The number of hydrogen-bond donors (Lipinski definition) is 1. The van der Waals surface area contributed by atoms with E-state index in [1.54, 1.807) is 19.2 Å². The van der Waals surface area contributed by atoms with Gasteiger partial charge in [0.2, 0.25) is 0 Å². The Balaban J connectivity index is 3.03. The summed E-state index contributed by atoms with van der Waals surface area (Å²) < 4.78 is 48.0. The first kappa shape index (κ1) is 17.1. The van der Waals surface area contributed by atoms with Crippen LogP contribution in [0, 0.1) is 0 Å². The van der Waals surface area contributed by atoms with Gasteiger partial charge in [-0.25, -0.2) is 0 Å². The van der Waals surface area contributed by atoms with Gasteiger partial charge in [-0.1, -0.05) is 15.9 Å². The minimum atomic E-state index is -4.17. The standard InChI is InChI=1S/C13H17BrF3NO2/c1-18-10(4-5-13(15,16)17)8-6-11(19-2)12(20-3)7-9(8)14/h6-7,10,18H,4-5H2,1-3H3. The van der Waals surface area contributed by atoms with Gasteiger partial charge >= 0.3 is 6.18 Å². The highest BCUT2D eigenvalue weighted by molar-refractivity contribution is 9.10. The second kappa shape index (κ2) is 7.17. The zero-order chi connectivity index (χ0) is 15.3. The van der Waals surface area contributed by atoms with Crippen molar-refractivity contribution >= 4 is 15.9 Å². The van der Waals surface area contributed by atoms with E-state index < -0.39 is 18.6 Å². The monoisotopic (exact) mass is 355 g/mol. The second-order valence-corrected chi connectivity index (χ2v) is 5.08. The van der Waals surface area contributed by atoms with Crippen LogP contribution in [0.5, 0.6) is 11.5 Å². The highest BCUT2D eigenvalue weighted by atomic mass is 79.9. The predicted octanol–water partition coefficient (Wildman–Crippen LogP) is 4.07. The third-order valence-electron chi connectivity index (χ3n) is 2.94. The Morgan fingerprint density at radius 3 is 2.20 bits per heavy atom. The van der Waals surface area contributed by atoms with Gasteiger partial charge in [-0.15, -0.1) is 0 Å². The fourth-order valence-electron chi connectivity index (χ4n) is 1.90. The molecular weight excluding hydrogens is 339 g/mol. The van der Waals surface area contributed by atoms with Crippen LogP contribution in [-0.4, -0.2) is 27.4 Å². The van der Waals surface area contributed by atoms with Gasteiger partial charge in [0.25, 0.3) is 0 Å². The summed E-state index contributed by atoms with van der Waals surface area (Å²) in [6, 6.07) is 2.94. The minimum Gasteiger partial charge on any atom is -0.493 e. The molecule has 0 bridgehead atoms. The average molecular weight is 356 g/mol. The summed E-state index contributed by atoms with van der Waals surface area (Å²) >= 11 is 3.36. The second-order valence-electron chi connectivity index (χ2n) is 4.22. The van der Waals surface area contributed by atoms with Gasteiger partial charge in [-0.2, -0.15) is 13.2 Å². The summed E-state index contributed by atoms with van der Waals surface area (Å²) in [5, 5.41) is 2.89. The van der Waals surface area contributed by atoms with Gasteiger partial charge in [-0.05, 0) is 31.2 Å². The fraction of sp³-hybridized carbons (Fsp3) is 0.538. The molecule has 0 aromatic heterocycles. The van der Waals surface area contributed by atoms with Crippen LogP contribution in [0.4, 0.5) is 13.2 Å². The quantitative estimate of drug-likeness (QED) is 0.834. The number of benzene rings is 1. The van der Waals surface area contributed by atoms with Gasteiger partial charge in [0.15, 0.2) is 11.5 Å². The van der Waals surface area contributed by atoms with Gasteiger partial charge in [0.1, 0.15) is 0 Å². The Hall–Kier alpha value is -0.950. The predicted molar refractivity (Wildman–Crippen MR) is 74.3 cm³/mol. The molecule has 1 aromatic carbocycles. The Kier molecular flexibility index (Phi) is 6.13. The molecule has 114 valence electrons. The molecule has 1 N–H and O–H groups in total. The SMILES string of the molecule is CNC(CCC(F)(F)F)c1cc(OC)c(OC)cc1Br. The minimum absolute atomic E-state index is 0.0475. The molecule has 0 fully saturated rings. The van der Waals surface area contributed by atoms with E-state index in [9.17, 15) is 13.2 Å². The van der Waals surface area contributed by atoms with E-state index in [1.165, 1.54) is 14.2 Å². The molecule has 0 amide bonds. The van der Waals surface area contributed by atoms with E-state index in [-0.39, 0.29) is 6.42 Å². The maximum Gasteiger partial charge on any atom is 0.389 e. The molecule has 1 atom stereocenters. The van der Waals surface area contributed by atoms with Crippen molar-refractivity contribution in [2.75, 3.05) is 21.3 Å². The fourth-order valence-corrected chi connectivity index (χ4v) is 2.50. The zero-order valence-corrected chi connectivity index (χ0v) is 13.1. The maximum atomic E-state index is 12.3. The van der Waals surface area contributed by atoms with Crippen LogP contribution in [0.3, 0.4) is 0 Å². The average Bonchev–Trinajstić information content (AvgIpc) is 2.39. The number of ether oxygens (including phenoxy) is 2. The number of rotatable bonds is 6. The molecule has 20 heavy (non-hydrogen) atoms. The topological polar surface area (TPSA) is 30.5 Å². The summed E-state index contributed by atoms with van der Waals surface area (Å²) in [5.41, 5.74) is 0.703. The Morgan fingerprint density at radius 2 is 1.75 bits per heavy atom. The van der Waals surface area contributed by atoms with E-state index in [2.05, 4.69) is 21.2 Å². The van der Waals surface area contributed by atoms with Crippen molar-refractivity contribution in [3.05, 3.63) is 22.2 Å². The van der Waals surface area contributed by atoms with Crippen LogP contribution < -0.4 is 14.8 Å². The van der Waals surface area contributed by atoms with E-state index in [1.807, 2.05) is 0 Å². The van der Waals surface area contributed by atoms with Crippen LogP contribution >= 0.6 is 15.9 Å². The molecule has 0 heterocycles. The van der Waals surface area contributed by atoms with Crippen molar-refractivity contribution in [1.82, 2.24) is 5.32 Å². The van der Waals surface area contributed by atoms with Crippen LogP contribution in [0.15, 0.2) is 16.6 Å². The number of hydrogen-bond acceptors (Lipinski definition) is 3. The van der Waals surface area contributed by atoms with E-state index >= 15 is 0 Å². The highest BCUT2D eigenvalue weighted by Crippen LogP contribution is 2.38. The lowest BCUT2D eigenvalue weighted by Gasteiger charge is -2.20. The maximum absolute atomic E-state index is 12.3. The molecule has 1 unspecified atom stereocenters. The molecule has 0 aliphatic carbocycles. The number of alkyl halides is 3. The molecule has 3 nitrogen and oxygen atoms in total. The van der Waals surface area contributed by atoms with Gasteiger partial charge in [-0.3, -0.25) is 0 Å². The third-order valence-corrected chi connectivity index (χ3v) is 3.63. The molecule has 0 aliphatic rings. The van der Waals surface area contributed by atoms with Gasteiger partial charge < -0.3 is 14.8 Å². The molecule has 0 spiro atoms. The molecule has 0 saturated carbocycles. The van der Waals surface area contributed by atoms with Crippen LogP contribution in [0.1, 0.15) is 24.4 Å². The van der Waals surface area contributed by atoms with Crippen LogP contribution in [0.25, 0.3) is 0 Å². The number of halogens is 4. The normalized spacial score (nSPS) is 13.2. The van der Waals surface area contributed by atoms with E-state index in [0.29, 0.717) is 21.5 Å². The third kappa shape index (κ3) is 4.56. The summed E-state index contributed by atoms with van der Waals surface area (Å²) in [6.07, 6.45) is -5.06. The highest BCUT2D eigenvalue weighted by Gasteiger charge is 2.29. The molecule has 7 heteroatoms. The number of methoxy groups -OCH3 is 2. The molecule has 1 aromatic rings. The smallest absolute Gasteiger partial charge is 0.389 e. The van der Waals surface area contributed by atoms with Gasteiger partial charge in [0, 0.05) is 16.9 Å². The number of nitrogens with one attached hydrogen (secondary N) is 1. The van der Waals surface area contributed by atoms with Crippen molar-refractivity contribution in [3.8, 4) is 11.5 Å². The van der Waals surface area contributed by atoms with Crippen molar-refractivity contribution in [1.29, 1.82) is 0 Å². The van der Waals surface area contributed by atoms with Crippen molar-refractivity contribution < 1.29 is 22.6 Å². The van der Waals surface area contributed by atoms with E-state index in [4.69, 9.17) is 9.47 Å². The van der Waals surface area contributed by atoms with E-state index in [0.717, 1.165) is 0 Å². The lowest BCUT2D eigenvalue weighted by atomic mass is 10.0. The Morgan fingerprint density at radius 1 is 1.20 bits per heavy atom. The largest absolute Gasteiger partial charge is 0.493 e. The lowest BCUT2D eigenvalue weighted by Crippen LogP contribution is -2.20. The van der Waals surface area contributed by atoms with Crippen LogP contribution in [-0.2, 0) is 0 Å². The summed E-state index contributed by atoms with van der Waals surface area (Å²) in [5.74, 6) is 1.01. The van der Waals surface area contributed by atoms with Crippen LogP contribution in [0.2, 0.25) is 0 Å². The first-order valence-electron chi connectivity index (χ1n) is 5.97. The molecule has 0 radical (unpaired) electrons. The molecule has 0 saturated heterocycles. The lowest BCUT2D eigenvalue weighted by molar-refractivity contribution is -0.136. The summed E-state index contributed by atoms with van der Waals surface area (Å²) in [4.78, 5) is 0.